The smallest absolute Gasteiger partial charge is 0.329 e. The number of carbonyl (C=O) groups is 1. The van der Waals surface area contributed by atoms with Gasteiger partial charge in [0.15, 0.2) is 0 Å². The highest BCUT2D eigenvalue weighted by atomic mass is 16.5. The van der Waals surface area contributed by atoms with Gasteiger partial charge in [0.1, 0.15) is 6.04 Å². The van der Waals surface area contributed by atoms with Crippen LogP contribution in [-0.4, -0.2) is 43.7 Å². The molecule has 120 valence electrons. The number of esters is 1. The second-order valence-corrected chi connectivity index (χ2v) is 5.79. The van der Waals surface area contributed by atoms with Gasteiger partial charge in [0, 0.05) is 31.9 Å². The molecule has 1 aliphatic rings. The van der Waals surface area contributed by atoms with Gasteiger partial charge in [0.05, 0.1) is 7.11 Å². The van der Waals surface area contributed by atoms with Crippen LogP contribution in [0, 0.1) is 0 Å². The Morgan fingerprint density at radius 3 is 2.35 bits per heavy atom. The number of hydrogen-bond acceptors (Lipinski definition) is 4. The van der Waals surface area contributed by atoms with E-state index in [1.807, 2.05) is 48.5 Å². The van der Waals surface area contributed by atoms with Gasteiger partial charge in [-0.1, -0.05) is 48.5 Å². The van der Waals surface area contributed by atoms with Gasteiger partial charge < -0.3 is 9.64 Å². The van der Waals surface area contributed by atoms with Crippen molar-refractivity contribution in [3.05, 3.63) is 66.2 Å². The van der Waals surface area contributed by atoms with Crippen LogP contribution in [-0.2, 0) is 16.1 Å². The molecule has 2 aromatic carbocycles. The third kappa shape index (κ3) is 3.71. The number of nitrogens with zero attached hydrogens (tertiary/aromatic N) is 2. The maximum atomic E-state index is 12.3. The summed E-state index contributed by atoms with van der Waals surface area (Å²) in [6.45, 7) is 3.28. The molecule has 0 bridgehead atoms. The number of rotatable bonds is 4. The van der Waals surface area contributed by atoms with Gasteiger partial charge in [-0.25, -0.2) is 4.79 Å². The lowest BCUT2D eigenvalue weighted by Gasteiger charge is -2.41. The van der Waals surface area contributed by atoms with E-state index in [0.29, 0.717) is 6.54 Å². The van der Waals surface area contributed by atoms with E-state index in [0.717, 1.165) is 25.3 Å². The number of methoxy groups -OCH3 is 1. The lowest BCUT2D eigenvalue weighted by atomic mass is 10.1. The van der Waals surface area contributed by atoms with E-state index in [1.165, 1.54) is 12.7 Å². The number of carbonyl (C=O) groups excluding carboxylic acids is 1. The van der Waals surface area contributed by atoms with Crippen LogP contribution >= 0.6 is 0 Å². The second kappa shape index (κ2) is 7.29. The molecule has 0 N–H and O–H groups in total. The van der Waals surface area contributed by atoms with Crippen LogP contribution in [0.1, 0.15) is 5.56 Å². The molecule has 0 aromatic heterocycles. The topological polar surface area (TPSA) is 32.8 Å². The van der Waals surface area contributed by atoms with Crippen LogP contribution in [0.2, 0.25) is 0 Å². The van der Waals surface area contributed by atoms with Gasteiger partial charge in [-0.3, -0.25) is 4.90 Å². The third-order valence-corrected chi connectivity index (χ3v) is 4.27. The molecule has 1 saturated heterocycles. The molecule has 0 saturated carbocycles. The van der Waals surface area contributed by atoms with Gasteiger partial charge in [-0.2, -0.15) is 0 Å². The zero-order chi connectivity index (χ0) is 16.1. The molecule has 0 radical (unpaired) electrons. The predicted molar refractivity (Wildman–Crippen MR) is 91.3 cm³/mol. The first-order chi connectivity index (χ1) is 11.3. The van der Waals surface area contributed by atoms with Crippen molar-refractivity contribution in [3.63, 3.8) is 0 Å². The van der Waals surface area contributed by atoms with Gasteiger partial charge >= 0.3 is 5.97 Å². The number of para-hydroxylation sites is 1. The lowest BCUT2D eigenvalue weighted by Crippen LogP contribution is -2.56. The van der Waals surface area contributed by atoms with Crippen LogP contribution < -0.4 is 4.90 Å². The number of piperazine rings is 1. The maximum Gasteiger partial charge on any atom is 0.329 e. The molecule has 0 spiro atoms. The number of ether oxygens (including phenoxy) is 1. The van der Waals surface area contributed by atoms with Crippen molar-refractivity contribution in [1.82, 2.24) is 4.90 Å². The molecule has 2 aromatic rings. The van der Waals surface area contributed by atoms with Gasteiger partial charge in [-0.05, 0) is 17.7 Å². The van der Waals surface area contributed by atoms with E-state index < -0.39 is 0 Å². The summed E-state index contributed by atoms with van der Waals surface area (Å²) in [7, 11) is 1.46. The van der Waals surface area contributed by atoms with E-state index >= 15 is 0 Å². The van der Waals surface area contributed by atoms with Crippen molar-refractivity contribution in [2.24, 2.45) is 0 Å². The average Bonchev–Trinajstić information content (AvgIpc) is 2.62. The fourth-order valence-corrected chi connectivity index (χ4v) is 3.09. The zero-order valence-corrected chi connectivity index (χ0v) is 13.4. The van der Waals surface area contributed by atoms with Crippen LogP contribution in [0.4, 0.5) is 5.69 Å². The number of hydrogen-bond donors (Lipinski definition) is 0. The Morgan fingerprint density at radius 1 is 1.04 bits per heavy atom. The molecule has 0 amide bonds. The fraction of sp³-hybridized carbons (Fsp3) is 0.316. The van der Waals surface area contributed by atoms with Crippen molar-refractivity contribution in [2.45, 2.75) is 12.6 Å². The largest absolute Gasteiger partial charge is 0.467 e. The summed E-state index contributed by atoms with van der Waals surface area (Å²) < 4.78 is 5.03. The monoisotopic (exact) mass is 310 g/mol. The zero-order valence-electron chi connectivity index (χ0n) is 13.4. The number of anilines is 1. The minimum Gasteiger partial charge on any atom is -0.467 e. The molecule has 0 aliphatic carbocycles. The van der Waals surface area contributed by atoms with Crippen LogP contribution in [0.5, 0.6) is 0 Å². The van der Waals surface area contributed by atoms with E-state index in [4.69, 9.17) is 4.74 Å². The molecule has 1 aliphatic heterocycles. The second-order valence-electron chi connectivity index (χ2n) is 5.79. The SMILES string of the molecule is COC(=O)C1CN(Cc2ccccc2)CCN1c1ccccc1. The molecule has 3 rings (SSSR count). The van der Waals surface area contributed by atoms with Crippen LogP contribution in [0.15, 0.2) is 60.7 Å². The highest BCUT2D eigenvalue weighted by molar-refractivity contribution is 5.80. The summed E-state index contributed by atoms with van der Waals surface area (Å²) in [5.74, 6) is -0.174. The van der Waals surface area contributed by atoms with Gasteiger partial charge in [0.2, 0.25) is 0 Å². The Kier molecular flexibility index (Phi) is 4.93. The Labute approximate surface area is 137 Å². The maximum absolute atomic E-state index is 12.3. The van der Waals surface area contributed by atoms with E-state index in [2.05, 4.69) is 21.9 Å². The molecule has 1 unspecified atom stereocenters. The van der Waals surface area contributed by atoms with E-state index in [1.54, 1.807) is 0 Å². The first-order valence-corrected chi connectivity index (χ1v) is 7.94. The summed E-state index contributed by atoms with van der Waals surface area (Å²) in [4.78, 5) is 16.7. The third-order valence-electron chi connectivity index (χ3n) is 4.27. The fourth-order valence-electron chi connectivity index (χ4n) is 3.09. The predicted octanol–water partition coefficient (Wildman–Crippen LogP) is 2.55. The molecule has 1 atom stereocenters. The minimum atomic E-state index is -0.264. The molecular weight excluding hydrogens is 288 g/mol. The van der Waals surface area contributed by atoms with Gasteiger partial charge in [0.25, 0.3) is 0 Å². The Hall–Kier alpha value is -2.33. The molecule has 23 heavy (non-hydrogen) atoms. The minimum absolute atomic E-state index is 0.174. The first kappa shape index (κ1) is 15.6. The van der Waals surface area contributed by atoms with Crippen molar-refractivity contribution in [1.29, 1.82) is 0 Å². The number of benzene rings is 2. The Morgan fingerprint density at radius 2 is 1.70 bits per heavy atom. The average molecular weight is 310 g/mol. The van der Waals surface area contributed by atoms with Crippen molar-refractivity contribution >= 4 is 11.7 Å². The highest BCUT2D eigenvalue weighted by Crippen LogP contribution is 2.22. The summed E-state index contributed by atoms with van der Waals surface area (Å²) in [5.41, 5.74) is 2.34. The van der Waals surface area contributed by atoms with E-state index in [9.17, 15) is 4.79 Å². The Bertz CT molecular complexity index is 630. The summed E-state index contributed by atoms with van der Waals surface area (Å²) in [5, 5.41) is 0. The summed E-state index contributed by atoms with van der Waals surface area (Å²) in [6.07, 6.45) is 0. The molecular formula is C19H22N2O2. The first-order valence-electron chi connectivity index (χ1n) is 7.94. The molecule has 4 nitrogen and oxygen atoms in total. The molecule has 1 heterocycles. The standard InChI is InChI=1S/C19H22N2O2/c1-23-19(22)18-15-20(14-16-8-4-2-5-9-16)12-13-21(18)17-10-6-3-7-11-17/h2-11,18H,12-15H2,1H3. The van der Waals surface area contributed by atoms with Crippen molar-refractivity contribution in [2.75, 3.05) is 31.6 Å². The van der Waals surface area contributed by atoms with Crippen LogP contribution in [0.25, 0.3) is 0 Å². The normalized spacial score (nSPS) is 18.7. The molecule has 4 heteroatoms. The van der Waals surface area contributed by atoms with Crippen molar-refractivity contribution < 1.29 is 9.53 Å². The Balaban J connectivity index is 1.75. The van der Waals surface area contributed by atoms with Crippen molar-refractivity contribution in [3.8, 4) is 0 Å². The summed E-state index contributed by atoms with van der Waals surface area (Å²) >= 11 is 0. The highest BCUT2D eigenvalue weighted by Gasteiger charge is 2.33. The van der Waals surface area contributed by atoms with Crippen LogP contribution in [0.3, 0.4) is 0 Å². The quantitative estimate of drug-likeness (QED) is 0.813. The summed E-state index contributed by atoms with van der Waals surface area (Å²) in [6, 6.07) is 20.2. The lowest BCUT2D eigenvalue weighted by molar-refractivity contribution is -0.143. The van der Waals surface area contributed by atoms with E-state index in [-0.39, 0.29) is 12.0 Å². The van der Waals surface area contributed by atoms with Gasteiger partial charge in [-0.15, -0.1) is 0 Å². The molecule has 1 fully saturated rings.